The molecule has 0 saturated heterocycles. The Hall–Kier alpha value is -1.22. The molecule has 1 unspecified atom stereocenters. The lowest BCUT2D eigenvalue weighted by Gasteiger charge is -2.22. The Morgan fingerprint density at radius 2 is 1.95 bits per heavy atom. The number of rotatable bonds is 6. The van der Waals surface area contributed by atoms with E-state index in [-0.39, 0.29) is 22.3 Å². The van der Waals surface area contributed by atoms with Crippen LogP contribution in [0.1, 0.15) is 62.7 Å². The molecule has 114 valence electrons. The topological polar surface area (TPSA) is 29.4 Å². The van der Waals surface area contributed by atoms with Crippen LogP contribution in [-0.4, -0.2) is 11.5 Å². The van der Waals surface area contributed by atoms with Gasteiger partial charge in [-0.3, -0.25) is 9.79 Å². The van der Waals surface area contributed by atoms with E-state index in [1.807, 2.05) is 6.92 Å². The molecule has 2 nitrogen and oxygen atoms in total. The van der Waals surface area contributed by atoms with Crippen LogP contribution in [0.15, 0.2) is 17.1 Å². The first-order chi connectivity index (χ1) is 10.0. The summed E-state index contributed by atoms with van der Waals surface area (Å²) in [7, 11) is 0. The van der Waals surface area contributed by atoms with E-state index >= 15 is 0 Å². The molecular formula is C17H21ClFNO. The van der Waals surface area contributed by atoms with Gasteiger partial charge in [0.25, 0.3) is 0 Å². The van der Waals surface area contributed by atoms with Gasteiger partial charge in [-0.2, -0.15) is 0 Å². The molecule has 1 aromatic carbocycles. The summed E-state index contributed by atoms with van der Waals surface area (Å²) < 4.78 is 14.0. The number of hydrogen-bond donors (Lipinski definition) is 0. The minimum atomic E-state index is -0.560. The van der Waals surface area contributed by atoms with E-state index in [0.29, 0.717) is 5.69 Å². The number of unbranched alkanes of at least 4 members (excludes halogenated alkanes) is 4. The average molecular weight is 310 g/mol. The molecule has 0 amide bonds. The van der Waals surface area contributed by atoms with Gasteiger partial charge in [-0.15, -0.1) is 0 Å². The molecule has 1 heterocycles. The van der Waals surface area contributed by atoms with Crippen molar-refractivity contribution in [3.05, 3.63) is 28.5 Å². The lowest BCUT2D eigenvalue weighted by Crippen LogP contribution is -2.26. The van der Waals surface area contributed by atoms with Crippen molar-refractivity contribution in [3.63, 3.8) is 0 Å². The Morgan fingerprint density at radius 1 is 1.24 bits per heavy atom. The van der Waals surface area contributed by atoms with E-state index in [9.17, 15) is 9.18 Å². The fourth-order valence-electron chi connectivity index (χ4n) is 2.82. The van der Waals surface area contributed by atoms with Crippen molar-refractivity contribution in [3.8, 4) is 0 Å². The van der Waals surface area contributed by atoms with Crippen molar-refractivity contribution >= 4 is 28.8 Å². The van der Waals surface area contributed by atoms with Gasteiger partial charge >= 0.3 is 0 Å². The normalized spacial score (nSPS) is 17.6. The van der Waals surface area contributed by atoms with Crippen LogP contribution in [0.3, 0.4) is 0 Å². The van der Waals surface area contributed by atoms with E-state index < -0.39 is 5.82 Å². The first kappa shape index (κ1) is 16.2. The zero-order valence-electron chi connectivity index (χ0n) is 12.6. The number of Topliss-reactive ketones (excluding diaryl/α,β-unsaturated/α-hetero) is 1. The fourth-order valence-corrected chi connectivity index (χ4v) is 3.02. The van der Waals surface area contributed by atoms with Crippen LogP contribution >= 0.6 is 11.6 Å². The highest BCUT2D eigenvalue weighted by atomic mass is 35.5. The molecule has 4 heteroatoms. The van der Waals surface area contributed by atoms with Gasteiger partial charge < -0.3 is 0 Å². The summed E-state index contributed by atoms with van der Waals surface area (Å²) in [4.78, 5) is 16.9. The number of carbonyl (C=O) groups is 1. The number of halogens is 2. The molecule has 1 aliphatic rings. The predicted molar refractivity (Wildman–Crippen MR) is 85.4 cm³/mol. The first-order valence-electron chi connectivity index (χ1n) is 7.63. The third kappa shape index (κ3) is 3.70. The summed E-state index contributed by atoms with van der Waals surface area (Å²) in [5.74, 6) is -0.994. The number of aliphatic imine (C=N–C) groups is 1. The number of nitrogens with zero attached hydrogens (tertiary/aromatic N) is 1. The van der Waals surface area contributed by atoms with Crippen LogP contribution in [0, 0.1) is 11.7 Å². The van der Waals surface area contributed by atoms with Gasteiger partial charge in [-0.1, -0.05) is 50.6 Å². The van der Waals surface area contributed by atoms with Gasteiger partial charge in [-0.05, 0) is 25.5 Å². The van der Waals surface area contributed by atoms with E-state index in [0.717, 1.165) is 25.0 Å². The summed E-state index contributed by atoms with van der Waals surface area (Å²) in [6.07, 6.45) is 6.45. The van der Waals surface area contributed by atoms with Crippen molar-refractivity contribution in [1.82, 2.24) is 0 Å². The predicted octanol–water partition coefficient (Wildman–Crippen LogP) is 5.74. The molecular weight excluding hydrogens is 289 g/mol. The highest BCUT2D eigenvalue weighted by molar-refractivity contribution is 6.31. The second-order valence-electron chi connectivity index (χ2n) is 5.65. The first-order valence-corrected chi connectivity index (χ1v) is 8.00. The second-order valence-corrected chi connectivity index (χ2v) is 6.09. The van der Waals surface area contributed by atoms with Crippen LogP contribution in [-0.2, 0) is 0 Å². The Kier molecular flexibility index (Phi) is 5.51. The third-order valence-electron chi connectivity index (χ3n) is 3.99. The van der Waals surface area contributed by atoms with Crippen LogP contribution in [0.4, 0.5) is 10.1 Å². The van der Waals surface area contributed by atoms with Gasteiger partial charge in [-0.25, -0.2) is 4.39 Å². The van der Waals surface area contributed by atoms with Gasteiger partial charge in [0, 0.05) is 10.7 Å². The monoisotopic (exact) mass is 309 g/mol. The Balaban J connectivity index is 2.11. The molecule has 0 spiro atoms. The quantitative estimate of drug-likeness (QED) is 0.616. The van der Waals surface area contributed by atoms with Crippen LogP contribution in [0.5, 0.6) is 0 Å². The average Bonchev–Trinajstić information content (AvgIpc) is 2.40. The number of ketones is 1. The molecule has 0 aliphatic carbocycles. The second kappa shape index (κ2) is 7.17. The molecule has 0 N–H and O–H groups in total. The van der Waals surface area contributed by atoms with E-state index in [1.165, 1.54) is 25.3 Å². The number of benzene rings is 1. The molecule has 1 aromatic rings. The third-order valence-corrected chi connectivity index (χ3v) is 4.21. The number of carbonyl (C=O) groups excluding carboxylic acids is 1. The van der Waals surface area contributed by atoms with Crippen LogP contribution in [0.25, 0.3) is 0 Å². The lowest BCUT2D eigenvalue weighted by atomic mass is 9.85. The summed E-state index contributed by atoms with van der Waals surface area (Å²) in [6.45, 7) is 4.02. The maximum Gasteiger partial charge on any atom is 0.176 e. The summed E-state index contributed by atoms with van der Waals surface area (Å²) >= 11 is 5.83. The molecule has 0 fully saturated rings. The highest BCUT2D eigenvalue weighted by Gasteiger charge is 2.31. The van der Waals surface area contributed by atoms with Crippen LogP contribution < -0.4 is 0 Å². The molecule has 1 atom stereocenters. The van der Waals surface area contributed by atoms with Gasteiger partial charge in [0.15, 0.2) is 5.78 Å². The molecule has 1 aliphatic heterocycles. The standard InChI is InChI=1S/C17H21ClFNO/c1-3-4-5-6-7-8-13-11(2)20-15-10-12(18)9-14(19)16(15)17(13)21/h9-10,13H,3-8H2,1-2H3. The fraction of sp³-hybridized carbons (Fsp3) is 0.529. The van der Waals surface area contributed by atoms with E-state index in [2.05, 4.69) is 11.9 Å². The largest absolute Gasteiger partial charge is 0.293 e. The van der Waals surface area contributed by atoms with E-state index in [4.69, 9.17) is 11.6 Å². The molecule has 0 bridgehead atoms. The van der Waals surface area contributed by atoms with Gasteiger partial charge in [0.1, 0.15) is 5.82 Å². The van der Waals surface area contributed by atoms with Crippen molar-refractivity contribution in [1.29, 1.82) is 0 Å². The molecule has 21 heavy (non-hydrogen) atoms. The van der Waals surface area contributed by atoms with Crippen molar-refractivity contribution in [2.75, 3.05) is 0 Å². The van der Waals surface area contributed by atoms with Gasteiger partial charge in [0.05, 0.1) is 17.2 Å². The highest BCUT2D eigenvalue weighted by Crippen LogP contribution is 2.35. The Bertz CT molecular complexity index is 568. The zero-order valence-corrected chi connectivity index (χ0v) is 13.3. The number of hydrogen-bond acceptors (Lipinski definition) is 2. The van der Waals surface area contributed by atoms with Crippen molar-refractivity contribution in [2.45, 2.75) is 52.4 Å². The molecule has 0 radical (unpaired) electrons. The smallest absolute Gasteiger partial charge is 0.176 e. The molecule has 0 aromatic heterocycles. The lowest BCUT2D eigenvalue weighted by molar-refractivity contribution is 0.0942. The molecule has 2 rings (SSSR count). The maximum absolute atomic E-state index is 14.0. The minimum Gasteiger partial charge on any atom is -0.293 e. The molecule has 0 saturated carbocycles. The van der Waals surface area contributed by atoms with Crippen LogP contribution in [0.2, 0.25) is 5.02 Å². The summed E-state index contributed by atoms with van der Waals surface area (Å²) in [6, 6.07) is 2.74. The maximum atomic E-state index is 14.0. The zero-order chi connectivity index (χ0) is 15.4. The SMILES string of the molecule is CCCCCCCC1C(=O)c2c(F)cc(Cl)cc2N=C1C. The number of fused-ring (bicyclic) bond motifs is 1. The van der Waals surface area contributed by atoms with E-state index in [1.54, 1.807) is 6.07 Å². The van der Waals surface area contributed by atoms with Gasteiger partial charge in [0.2, 0.25) is 0 Å². The minimum absolute atomic E-state index is 0.101. The van der Waals surface area contributed by atoms with Crippen molar-refractivity contribution < 1.29 is 9.18 Å². The Morgan fingerprint density at radius 3 is 2.67 bits per heavy atom. The van der Waals surface area contributed by atoms with Crippen molar-refractivity contribution in [2.24, 2.45) is 10.9 Å². The summed E-state index contributed by atoms with van der Waals surface area (Å²) in [5, 5.41) is 0.272. The summed E-state index contributed by atoms with van der Waals surface area (Å²) in [5.41, 5.74) is 1.23. The Labute approximate surface area is 130 Å².